The van der Waals surface area contributed by atoms with Crippen molar-refractivity contribution in [3.8, 4) is 16.9 Å². The molecule has 0 radical (unpaired) electrons. The Labute approximate surface area is 121 Å². The summed E-state index contributed by atoms with van der Waals surface area (Å²) in [4.78, 5) is 0. The van der Waals surface area contributed by atoms with Gasteiger partial charge in [-0.1, -0.05) is 44.2 Å². The van der Waals surface area contributed by atoms with Gasteiger partial charge in [0.05, 0.1) is 7.11 Å². The Morgan fingerprint density at radius 2 is 1.90 bits per heavy atom. The minimum Gasteiger partial charge on any atom is -0.497 e. The van der Waals surface area contributed by atoms with Gasteiger partial charge in [0.1, 0.15) is 5.75 Å². The lowest BCUT2D eigenvalue weighted by Gasteiger charge is -2.13. The first-order valence-electron chi connectivity index (χ1n) is 7.25. The monoisotopic (exact) mass is 269 g/mol. The highest BCUT2D eigenvalue weighted by molar-refractivity contribution is 5.69. The molecule has 0 aromatic heterocycles. The molecule has 2 aromatic carbocycles. The summed E-state index contributed by atoms with van der Waals surface area (Å²) in [6, 6.07) is 15.1. The molecule has 2 nitrogen and oxygen atoms in total. The maximum Gasteiger partial charge on any atom is 0.119 e. The van der Waals surface area contributed by atoms with Crippen molar-refractivity contribution in [1.82, 2.24) is 5.32 Å². The van der Waals surface area contributed by atoms with Crippen LogP contribution in [-0.2, 0) is 13.0 Å². The van der Waals surface area contributed by atoms with E-state index < -0.39 is 0 Å². The standard InChI is InChI=1S/C18H23NO/c1-4-14-7-6-8-15(11-14)18-10-9-17(20-3)12-16(18)13-19-5-2/h6-12,19H,4-5,13H2,1-3H3. The number of benzene rings is 2. The van der Waals surface area contributed by atoms with Crippen LogP contribution in [0.1, 0.15) is 25.0 Å². The Kier molecular flexibility index (Phi) is 5.19. The third-order valence-corrected chi connectivity index (χ3v) is 3.52. The van der Waals surface area contributed by atoms with Gasteiger partial charge in [-0.3, -0.25) is 0 Å². The van der Waals surface area contributed by atoms with E-state index in [0.29, 0.717) is 0 Å². The predicted octanol–water partition coefficient (Wildman–Crippen LogP) is 4.03. The van der Waals surface area contributed by atoms with E-state index in [-0.39, 0.29) is 0 Å². The van der Waals surface area contributed by atoms with Gasteiger partial charge < -0.3 is 10.1 Å². The van der Waals surface area contributed by atoms with Crippen LogP contribution < -0.4 is 10.1 Å². The molecule has 0 heterocycles. The summed E-state index contributed by atoms with van der Waals surface area (Å²) in [5.41, 5.74) is 5.20. The molecular weight excluding hydrogens is 246 g/mol. The van der Waals surface area contributed by atoms with Gasteiger partial charge in [0, 0.05) is 6.54 Å². The third-order valence-electron chi connectivity index (χ3n) is 3.52. The Balaban J connectivity index is 2.42. The van der Waals surface area contributed by atoms with Crippen molar-refractivity contribution in [3.05, 3.63) is 53.6 Å². The zero-order valence-electron chi connectivity index (χ0n) is 12.6. The lowest BCUT2D eigenvalue weighted by molar-refractivity contribution is 0.414. The second-order valence-electron chi connectivity index (χ2n) is 4.86. The highest BCUT2D eigenvalue weighted by Crippen LogP contribution is 2.28. The molecule has 2 heteroatoms. The molecule has 0 aliphatic heterocycles. The van der Waals surface area contributed by atoms with E-state index in [9.17, 15) is 0 Å². The van der Waals surface area contributed by atoms with Crippen molar-refractivity contribution in [3.63, 3.8) is 0 Å². The van der Waals surface area contributed by atoms with Crippen LogP contribution in [0, 0.1) is 0 Å². The Morgan fingerprint density at radius 1 is 1.05 bits per heavy atom. The number of methoxy groups -OCH3 is 1. The molecule has 0 aliphatic carbocycles. The maximum atomic E-state index is 5.34. The van der Waals surface area contributed by atoms with Crippen LogP contribution in [0.25, 0.3) is 11.1 Å². The van der Waals surface area contributed by atoms with Crippen LogP contribution >= 0.6 is 0 Å². The fraction of sp³-hybridized carbons (Fsp3) is 0.333. The molecular formula is C18H23NO. The predicted molar refractivity (Wildman–Crippen MR) is 85.2 cm³/mol. The fourth-order valence-corrected chi connectivity index (χ4v) is 2.34. The van der Waals surface area contributed by atoms with Gasteiger partial charge in [-0.05, 0) is 47.4 Å². The third kappa shape index (κ3) is 3.40. The average Bonchev–Trinajstić information content (AvgIpc) is 2.52. The van der Waals surface area contributed by atoms with E-state index in [2.05, 4.69) is 55.6 Å². The Bertz CT molecular complexity index is 563. The zero-order valence-corrected chi connectivity index (χ0v) is 12.6. The SMILES string of the molecule is CCNCc1cc(OC)ccc1-c1cccc(CC)c1. The molecule has 2 rings (SSSR count). The van der Waals surface area contributed by atoms with Crippen molar-refractivity contribution in [2.45, 2.75) is 26.8 Å². The molecule has 0 fully saturated rings. The zero-order chi connectivity index (χ0) is 14.4. The highest BCUT2D eigenvalue weighted by Gasteiger charge is 2.07. The molecule has 20 heavy (non-hydrogen) atoms. The minimum atomic E-state index is 0.861. The van der Waals surface area contributed by atoms with Gasteiger partial charge in [0.25, 0.3) is 0 Å². The van der Waals surface area contributed by atoms with Crippen LogP contribution in [-0.4, -0.2) is 13.7 Å². The number of hydrogen-bond donors (Lipinski definition) is 1. The second-order valence-corrected chi connectivity index (χ2v) is 4.86. The summed E-state index contributed by atoms with van der Waals surface area (Å²) in [5.74, 6) is 0.910. The van der Waals surface area contributed by atoms with E-state index in [1.807, 2.05) is 6.07 Å². The van der Waals surface area contributed by atoms with E-state index >= 15 is 0 Å². The van der Waals surface area contributed by atoms with E-state index in [1.165, 1.54) is 22.3 Å². The number of ether oxygens (including phenoxy) is 1. The van der Waals surface area contributed by atoms with E-state index in [4.69, 9.17) is 4.74 Å². The summed E-state index contributed by atoms with van der Waals surface area (Å²) in [6.07, 6.45) is 1.06. The summed E-state index contributed by atoms with van der Waals surface area (Å²) in [5, 5.41) is 3.40. The van der Waals surface area contributed by atoms with Gasteiger partial charge in [0.15, 0.2) is 0 Å². The normalized spacial score (nSPS) is 10.6. The molecule has 2 aromatic rings. The number of hydrogen-bond acceptors (Lipinski definition) is 2. The van der Waals surface area contributed by atoms with Crippen LogP contribution in [0.15, 0.2) is 42.5 Å². The number of aryl methyl sites for hydroxylation is 1. The first-order chi connectivity index (χ1) is 9.78. The largest absolute Gasteiger partial charge is 0.497 e. The smallest absolute Gasteiger partial charge is 0.119 e. The van der Waals surface area contributed by atoms with Gasteiger partial charge in [0.2, 0.25) is 0 Å². The van der Waals surface area contributed by atoms with Crippen LogP contribution in [0.5, 0.6) is 5.75 Å². The van der Waals surface area contributed by atoms with Crippen molar-refractivity contribution < 1.29 is 4.74 Å². The minimum absolute atomic E-state index is 0.861. The van der Waals surface area contributed by atoms with Crippen LogP contribution in [0.2, 0.25) is 0 Å². The van der Waals surface area contributed by atoms with Crippen molar-refractivity contribution >= 4 is 0 Å². The van der Waals surface area contributed by atoms with Crippen molar-refractivity contribution in [2.24, 2.45) is 0 Å². The molecule has 0 aliphatic rings. The topological polar surface area (TPSA) is 21.3 Å². The average molecular weight is 269 g/mol. The van der Waals surface area contributed by atoms with Gasteiger partial charge in [-0.2, -0.15) is 0 Å². The van der Waals surface area contributed by atoms with Gasteiger partial charge in [-0.15, -0.1) is 0 Å². The molecule has 0 unspecified atom stereocenters. The summed E-state index contributed by atoms with van der Waals surface area (Å²) < 4.78 is 5.34. The van der Waals surface area contributed by atoms with Crippen LogP contribution in [0.4, 0.5) is 0 Å². The molecule has 0 bridgehead atoms. The lowest BCUT2D eigenvalue weighted by atomic mass is 9.97. The van der Waals surface area contributed by atoms with Crippen molar-refractivity contribution in [1.29, 1.82) is 0 Å². The summed E-state index contributed by atoms with van der Waals surface area (Å²) in [6.45, 7) is 6.13. The number of rotatable bonds is 6. The maximum absolute atomic E-state index is 5.34. The first kappa shape index (κ1) is 14.6. The fourth-order valence-electron chi connectivity index (χ4n) is 2.34. The quantitative estimate of drug-likeness (QED) is 0.854. The molecule has 1 N–H and O–H groups in total. The van der Waals surface area contributed by atoms with Gasteiger partial charge in [-0.25, -0.2) is 0 Å². The van der Waals surface area contributed by atoms with Gasteiger partial charge >= 0.3 is 0 Å². The highest BCUT2D eigenvalue weighted by atomic mass is 16.5. The van der Waals surface area contributed by atoms with E-state index in [0.717, 1.165) is 25.3 Å². The van der Waals surface area contributed by atoms with E-state index in [1.54, 1.807) is 7.11 Å². The molecule has 0 saturated heterocycles. The molecule has 0 saturated carbocycles. The molecule has 0 atom stereocenters. The lowest BCUT2D eigenvalue weighted by Crippen LogP contribution is -2.12. The molecule has 106 valence electrons. The molecule has 0 spiro atoms. The van der Waals surface area contributed by atoms with Crippen molar-refractivity contribution in [2.75, 3.05) is 13.7 Å². The second kappa shape index (κ2) is 7.11. The summed E-state index contributed by atoms with van der Waals surface area (Å²) in [7, 11) is 1.71. The molecule has 0 amide bonds. The Morgan fingerprint density at radius 3 is 2.60 bits per heavy atom. The van der Waals surface area contributed by atoms with Crippen LogP contribution in [0.3, 0.4) is 0 Å². The first-order valence-corrected chi connectivity index (χ1v) is 7.25. The Hall–Kier alpha value is -1.80. The summed E-state index contributed by atoms with van der Waals surface area (Å²) >= 11 is 0. The number of nitrogens with one attached hydrogen (secondary N) is 1.